The van der Waals surface area contributed by atoms with Crippen LogP contribution < -0.4 is 5.32 Å². The zero-order valence-electron chi connectivity index (χ0n) is 14.2. The molecule has 134 valence electrons. The Morgan fingerprint density at radius 3 is 2.65 bits per heavy atom. The van der Waals surface area contributed by atoms with E-state index >= 15 is 0 Å². The minimum atomic E-state index is -0.560. The van der Waals surface area contributed by atoms with Gasteiger partial charge in [-0.3, -0.25) is 9.78 Å². The van der Waals surface area contributed by atoms with Gasteiger partial charge >= 0.3 is 0 Å². The number of aromatic nitrogens is 1. The van der Waals surface area contributed by atoms with Crippen LogP contribution in [0, 0.1) is 0 Å². The summed E-state index contributed by atoms with van der Waals surface area (Å²) in [4.78, 5) is 16.5. The third kappa shape index (κ3) is 3.76. The largest absolute Gasteiger partial charge is 0.505 e. The van der Waals surface area contributed by atoms with Gasteiger partial charge in [-0.1, -0.05) is 42.3 Å². The second-order valence-electron chi connectivity index (χ2n) is 6.00. The first-order chi connectivity index (χ1) is 12.5. The van der Waals surface area contributed by atoms with E-state index < -0.39 is 6.04 Å². The van der Waals surface area contributed by atoms with E-state index in [1.54, 1.807) is 36.5 Å². The van der Waals surface area contributed by atoms with Crippen LogP contribution in [0.3, 0.4) is 0 Å². The lowest BCUT2D eigenvalue weighted by Crippen LogP contribution is -2.29. The first-order valence-corrected chi connectivity index (χ1v) is 9.07. The topological polar surface area (TPSA) is 62.2 Å². The summed E-state index contributed by atoms with van der Waals surface area (Å²) in [6.45, 7) is 1.94. The maximum atomic E-state index is 12.3. The van der Waals surface area contributed by atoms with Gasteiger partial charge in [0.15, 0.2) is 0 Å². The van der Waals surface area contributed by atoms with Gasteiger partial charge in [-0.2, -0.15) is 0 Å². The third-order valence-corrected chi connectivity index (χ3v) is 4.71. The number of halogens is 2. The van der Waals surface area contributed by atoms with Gasteiger partial charge in [0, 0.05) is 28.6 Å². The predicted octanol–water partition coefficient (Wildman–Crippen LogP) is 5.25. The lowest BCUT2D eigenvalue weighted by molar-refractivity contribution is -0.121. The van der Waals surface area contributed by atoms with Crippen molar-refractivity contribution in [2.24, 2.45) is 0 Å². The molecule has 0 saturated heterocycles. The number of hydrogen-bond donors (Lipinski definition) is 2. The summed E-state index contributed by atoms with van der Waals surface area (Å²) in [5.74, 6) is -0.106. The molecule has 0 bridgehead atoms. The molecular formula is C20H18Cl2N2O2. The monoisotopic (exact) mass is 388 g/mol. The van der Waals surface area contributed by atoms with Gasteiger partial charge in [-0.05, 0) is 42.3 Å². The van der Waals surface area contributed by atoms with Crippen LogP contribution in [0.1, 0.15) is 36.9 Å². The molecule has 0 radical (unpaired) electrons. The number of carbonyl (C=O) groups is 1. The Hall–Kier alpha value is -2.30. The summed E-state index contributed by atoms with van der Waals surface area (Å²) < 4.78 is 0. The lowest BCUT2D eigenvalue weighted by atomic mass is 9.96. The van der Waals surface area contributed by atoms with Gasteiger partial charge in [0.05, 0.1) is 11.1 Å². The van der Waals surface area contributed by atoms with Crippen molar-refractivity contribution < 1.29 is 9.90 Å². The Kier molecular flexibility index (Phi) is 5.64. The molecule has 6 heteroatoms. The standard InChI is InChI=1S/C20H18Cl2N2O2/c1-2-4-17(25)24-18(12-6-8-13(21)9-7-12)15-11-16(22)14-5-3-10-23-19(14)20(15)26/h3,5-11,18,26H,2,4H2,1H3,(H,24,25). The van der Waals surface area contributed by atoms with E-state index in [1.807, 2.05) is 19.1 Å². The highest BCUT2D eigenvalue weighted by Gasteiger charge is 2.23. The number of aromatic hydroxyl groups is 1. The predicted molar refractivity (Wildman–Crippen MR) is 105 cm³/mol. The molecule has 0 aliphatic heterocycles. The molecule has 1 atom stereocenters. The third-order valence-electron chi connectivity index (χ3n) is 4.14. The van der Waals surface area contributed by atoms with Gasteiger partial charge in [0.2, 0.25) is 5.91 Å². The number of nitrogens with zero attached hydrogens (tertiary/aromatic N) is 1. The quantitative estimate of drug-likeness (QED) is 0.626. The van der Waals surface area contributed by atoms with Crippen molar-refractivity contribution >= 4 is 40.0 Å². The zero-order valence-corrected chi connectivity index (χ0v) is 15.7. The van der Waals surface area contributed by atoms with E-state index in [0.29, 0.717) is 32.9 Å². The molecule has 26 heavy (non-hydrogen) atoms. The maximum Gasteiger partial charge on any atom is 0.220 e. The van der Waals surface area contributed by atoms with Gasteiger partial charge in [-0.25, -0.2) is 0 Å². The number of rotatable bonds is 5. The minimum absolute atomic E-state index is 0.00162. The van der Waals surface area contributed by atoms with E-state index in [-0.39, 0.29) is 11.7 Å². The van der Waals surface area contributed by atoms with Crippen LogP contribution in [0.25, 0.3) is 10.9 Å². The fourth-order valence-corrected chi connectivity index (χ4v) is 3.28. The van der Waals surface area contributed by atoms with Crippen molar-refractivity contribution in [1.29, 1.82) is 0 Å². The van der Waals surface area contributed by atoms with Crippen LogP contribution in [0.2, 0.25) is 10.0 Å². The van der Waals surface area contributed by atoms with Gasteiger partial charge in [0.1, 0.15) is 11.3 Å². The Bertz CT molecular complexity index is 942. The maximum absolute atomic E-state index is 12.3. The highest BCUT2D eigenvalue weighted by atomic mass is 35.5. The van der Waals surface area contributed by atoms with E-state index in [2.05, 4.69) is 10.3 Å². The Morgan fingerprint density at radius 1 is 1.23 bits per heavy atom. The van der Waals surface area contributed by atoms with Gasteiger partial charge < -0.3 is 10.4 Å². The van der Waals surface area contributed by atoms with Crippen molar-refractivity contribution in [1.82, 2.24) is 10.3 Å². The van der Waals surface area contributed by atoms with Crippen LogP contribution >= 0.6 is 23.2 Å². The summed E-state index contributed by atoms with van der Waals surface area (Å²) in [5.41, 5.74) is 1.69. The van der Waals surface area contributed by atoms with Crippen molar-refractivity contribution in [3.05, 3.63) is 69.8 Å². The summed E-state index contributed by atoms with van der Waals surface area (Å²) in [6, 6.07) is 11.8. The summed E-state index contributed by atoms with van der Waals surface area (Å²) in [6.07, 6.45) is 2.71. The van der Waals surface area contributed by atoms with Crippen LogP contribution in [-0.4, -0.2) is 16.0 Å². The van der Waals surface area contributed by atoms with Crippen molar-refractivity contribution in [3.63, 3.8) is 0 Å². The second-order valence-corrected chi connectivity index (χ2v) is 6.84. The molecule has 0 aliphatic rings. The number of pyridine rings is 1. The number of hydrogen-bond acceptors (Lipinski definition) is 3. The molecule has 0 spiro atoms. The van der Waals surface area contributed by atoms with Gasteiger partial charge in [-0.15, -0.1) is 0 Å². The first-order valence-electron chi connectivity index (χ1n) is 8.32. The number of phenols is 1. The molecule has 1 heterocycles. The summed E-state index contributed by atoms with van der Waals surface area (Å²) in [7, 11) is 0. The van der Waals surface area contributed by atoms with E-state index in [1.165, 1.54) is 0 Å². The van der Waals surface area contributed by atoms with Crippen LogP contribution in [0.5, 0.6) is 5.75 Å². The number of benzene rings is 2. The number of amides is 1. The normalized spacial score (nSPS) is 12.1. The molecule has 0 saturated carbocycles. The van der Waals surface area contributed by atoms with E-state index in [9.17, 15) is 9.90 Å². The highest BCUT2D eigenvalue weighted by molar-refractivity contribution is 6.35. The van der Waals surface area contributed by atoms with Crippen LogP contribution in [-0.2, 0) is 4.79 Å². The van der Waals surface area contributed by atoms with Crippen molar-refractivity contribution in [2.75, 3.05) is 0 Å². The molecule has 2 N–H and O–H groups in total. The molecule has 2 aromatic carbocycles. The average Bonchev–Trinajstić information content (AvgIpc) is 2.64. The SMILES string of the molecule is CCCC(=O)NC(c1ccc(Cl)cc1)c1cc(Cl)c2cccnc2c1O. The van der Waals surface area contributed by atoms with Crippen molar-refractivity contribution in [3.8, 4) is 5.75 Å². The summed E-state index contributed by atoms with van der Waals surface area (Å²) >= 11 is 12.4. The Morgan fingerprint density at radius 2 is 1.96 bits per heavy atom. The fraction of sp³-hybridized carbons (Fsp3) is 0.200. The zero-order chi connectivity index (χ0) is 18.7. The molecule has 1 aromatic heterocycles. The van der Waals surface area contributed by atoms with Crippen LogP contribution in [0.4, 0.5) is 0 Å². The first kappa shape index (κ1) is 18.5. The molecule has 3 aromatic rings. The molecule has 4 nitrogen and oxygen atoms in total. The van der Waals surface area contributed by atoms with Crippen molar-refractivity contribution in [2.45, 2.75) is 25.8 Å². The molecule has 0 aliphatic carbocycles. The smallest absolute Gasteiger partial charge is 0.220 e. The molecule has 1 amide bonds. The number of phenolic OH excluding ortho intramolecular Hbond substituents is 1. The Labute approximate surface area is 161 Å². The van der Waals surface area contributed by atoms with Crippen LogP contribution in [0.15, 0.2) is 48.7 Å². The Balaban J connectivity index is 2.15. The molecular weight excluding hydrogens is 371 g/mol. The highest BCUT2D eigenvalue weighted by Crippen LogP contribution is 2.38. The second kappa shape index (κ2) is 7.94. The summed E-state index contributed by atoms with van der Waals surface area (Å²) in [5, 5.41) is 15.5. The average molecular weight is 389 g/mol. The minimum Gasteiger partial charge on any atom is -0.505 e. The molecule has 1 unspecified atom stereocenters. The van der Waals surface area contributed by atoms with Gasteiger partial charge in [0.25, 0.3) is 0 Å². The number of carbonyl (C=O) groups excluding carboxylic acids is 1. The van der Waals surface area contributed by atoms with E-state index in [0.717, 1.165) is 12.0 Å². The molecule has 0 fully saturated rings. The van der Waals surface area contributed by atoms with E-state index in [4.69, 9.17) is 23.2 Å². The number of fused-ring (bicyclic) bond motifs is 1. The fourth-order valence-electron chi connectivity index (χ4n) is 2.88. The lowest BCUT2D eigenvalue weighted by Gasteiger charge is -2.22. The molecule has 3 rings (SSSR count). The number of nitrogens with one attached hydrogen (secondary N) is 1.